The second kappa shape index (κ2) is 8.37. The number of ether oxygens (including phenoxy) is 1. The first-order valence-corrected chi connectivity index (χ1v) is 7.01. The van der Waals surface area contributed by atoms with Gasteiger partial charge >= 0.3 is 6.03 Å². The van der Waals surface area contributed by atoms with Gasteiger partial charge in [0.15, 0.2) is 6.73 Å². The lowest BCUT2D eigenvalue weighted by Crippen LogP contribution is -2.41. The minimum Gasteiger partial charge on any atom is -0.473 e. The highest BCUT2D eigenvalue weighted by Crippen LogP contribution is 2.25. The number of rotatable bonds is 7. The highest BCUT2D eigenvalue weighted by molar-refractivity contribution is 6.32. The number of carbonyl (C=O) groups excluding carboxylic acids is 1. The van der Waals surface area contributed by atoms with Crippen LogP contribution in [0, 0.1) is 13.8 Å². The molecule has 5 heteroatoms. The van der Waals surface area contributed by atoms with Crippen LogP contribution in [0.4, 0.5) is 4.79 Å². The van der Waals surface area contributed by atoms with E-state index in [1.54, 1.807) is 17.1 Å². The van der Waals surface area contributed by atoms with E-state index in [1.165, 1.54) is 0 Å². The summed E-state index contributed by atoms with van der Waals surface area (Å²) in [6.07, 6.45) is 3.33. The third kappa shape index (κ3) is 5.16. The number of urea groups is 1. The van der Waals surface area contributed by atoms with Crippen molar-refractivity contribution < 1.29 is 9.53 Å². The van der Waals surface area contributed by atoms with Crippen molar-refractivity contribution in [1.29, 1.82) is 0 Å². The van der Waals surface area contributed by atoms with E-state index in [2.05, 4.69) is 18.5 Å². The molecular weight excluding hydrogens is 288 g/mol. The molecule has 0 aliphatic heterocycles. The standard InChI is InChI=1S/C16H21ClN2O2/c1-5-7-19(8-6-2)16(20)18-11-21-14-9-12(3)15(17)13(4)10-14/h5-6,9-10H,1-2,7-8,11H2,3-4H3,(H,18,20). The zero-order chi connectivity index (χ0) is 15.8. The SMILES string of the molecule is C=CCN(CC=C)C(=O)NCOc1cc(C)c(Cl)c(C)c1. The molecule has 2 amide bonds. The fourth-order valence-corrected chi connectivity index (χ4v) is 1.94. The van der Waals surface area contributed by atoms with Crippen LogP contribution in [0.25, 0.3) is 0 Å². The van der Waals surface area contributed by atoms with E-state index < -0.39 is 0 Å². The van der Waals surface area contributed by atoms with Crippen molar-refractivity contribution in [1.82, 2.24) is 10.2 Å². The number of nitrogens with one attached hydrogen (secondary N) is 1. The molecule has 0 fully saturated rings. The molecule has 0 aliphatic rings. The number of amides is 2. The highest BCUT2D eigenvalue weighted by atomic mass is 35.5. The molecule has 0 saturated carbocycles. The molecule has 21 heavy (non-hydrogen) atoms. The van der Waals surface area contributed by atoms with Gasteiger partial charge in [0.05, 0.1) is 0 Å². The number of nitrogens with zero attached hydrogens (tertiary/aromatic N) is 1. The predicted molar refractivity (Wildman–Crippen MR) is 86.9 cm³/mol. The lowest BCUT2D eigenvalue weighted by atomic mass is 10.1. The molecule has 1 N–H and O–H groups in total. The van der Waals surface area contributed by atoms with E-state index in [0.29, 0.717) is 18.8 Å². The summed E-state index contributed by atoms with van der Waals surface area (Å²) in [4.78, 5) is 13.5. The van der Waals surface area contributed by atoms with E-state index in [-0.39, 0.29) is 12.8 Å². The molecule has 0 spiro atoms. The monoisotopic (exact) mass is 308 g/mol. The highest BCUT2D eigenvalue weighted by Gasteiger charge is 2.10. The number of carbonyl (C=O) groups is 1. The van der Waals surface area contributed by atoms with E-state index in [4.69, 9.17) is 16.3 Å². The van der Waals surface area contributed by atoms with Crippen molar-refractivity contribution in [3.05, 3.63) is 53.6 Å². The van der Waals surface area contributed by atoms with Crippen molar-refractivity contribution in [2.45, 2.75) is 13.8 Å². The summed E-state index contributed by atoms with van der Waals surface area (Å²) >= 11 is 6.09. The van der Waals surface area contributed by atoms with Gasteiger partial charge in [-0.1, -0.05) is 23.8 Å². The van der Waals surface area contributed by atoms with Crippen molar-refractivity contribution in [2.75, 3.05) is 19.8 Å². The van der Waals surface area contributed by atoms with E-state index in [0.717, 1.165) is 16.1 Å². The van der Waals surface area contributed by atoms with Crippen LogP contribution >= 0.6 is 11.6 Å². The van der Waals surface area contributed by atoms with E-state index in [9.17, 15) is 4.79 Å². The molecule has 0 aliphatic carbocycles. The van der Waals surface area contributed by atoms with Crippen LogP contribution in [0.15, 0.2) is 37.4 Å². The normalized spacial score (nSPS) is 9.86. The Balaban J connectivity index is 2.54. The molecule has 0 aromatic heterocycles. The first-order chi connectivity index (χ1) is 9.99. The lowest BCUT2D eigenvalue weighted by molar-refractivity contribution is 0.193. The van der Waals surface area contributed by atoms with Gasteiger partial charge < -0.3 is 15.0 Å². The van der Waals surface area contributed by atoms with Gasteiger partial charge in [0, 0.05) is 18.1 Å². The van der Waals surface area contributed by atoms with Gasteiger partial charge in [-0.2, -0.15) is 0 Å². The maximum atomic E-state index is 11.9. The maximum absolute atomic E-state index is 11.9. The molecule has 0 radical (unpaired) electrons. The van der Waals surface area contributed by atoms with Crippen molar-refractivity contribution in [3.8, 4) is 5.75 Å². The summed E-state index contributed by atoms with van der Waals surface area (Å²) in [6.45, 7) is 12.1. The number of benzene rings is 1. The third-order valence-electron chi connectivity index (χ3n) is 2.86. The lowest BCUT2D eigenvalue weighted by Gasteiger charge is -2.20. The summed E-state index contributed by atoms with van der Waals surface area (Å²) in [7, 11) is 0. The molecule has 0 atom stereocenters. The van der Waals surface area contributed by atoms with Gasteiger partial charge in [0.2, 0.25) is 0 Å². The summed E-state index contributed by atoms with van der Waals surface area (Å²) in [6, 6.07) is 3.46. The Hall–Kier alpha value is -1.94. The Labute approximate surface area is 131 Å². The molecular formula is C16H21ClN2O2. The summed E-state index contributed by atoms with van der Waals surface area (Å²) in [5.41, 5.74) is 1.89. The van der Waals surface area contributed by atoms with Gasteiger partial charge in [0.1, 0.15) is 5.75 Å². The zero-order valence-electron chi connectivity index (χ0n) is 12.5. The van der Waals surface area contributed by atoms with Crippen LogP contribution in [0.5, 0.6) is 5.75 Å². The van der Waals surface area contributed by atoms with E-state index >= 15 is 0 Å². The quantitative estimate of drug-likeness (QED) is 0.617. The van der Waals surface area contributed by atoms with Gasteiger partial charge in [0.25, 0.3) is 0 Å². The second-order valence-electron chi connectivity index (χ2n) is 4.62. The number of halogens is 1. The first-order valence-electron chi connectivity index (χ1n) is 6.63. The Morgan fingerprint density at radius 2 is 1.81 bits per heavy atom. The topological polar surface area (TPSA) is 41.6 Å². The molecule has 1 aromatic carbocycles. The van der Waals surface area contributed by atoms with E-state index in [1.807, 2.05) is 26.0 Å². The molecule has 0 bridgehead atoms. The molecule has 1 rings (SSSR count). The van der Waals surface area contributed by atoms with Crippen LogP contribution < -0.4 is 10.1 Å². The Bertz CT molecular complexity index is 496. The zero-order valence-corrected chi connectivity index (χ0v) is 13.2. The third-order valence-corrected chi connectivity index (χ3v) is 3.45. The molecule has 0 heterocycles. The molecule has 114 valence electrons. The Kier molecular flexibility index (Phi) is 6.82. The summed E-state index contributed by atoms with van der Waals surface area (Å²) < 4.78 is 5.53. The Morgan fingerprint density at radius 3 is 2.29 bits per heavy atom. The molecule has 1 aromatic rings. The van der Waals surface area contributed by atoms with Crippen LogP contribution in [-0.2, 0) is 0 Å². The minimum absolute atomic E-state index is 0.0874. The van der Waals surface area contributed by atoms with Crippen LogP contribution in [0.2, 0.25) is 5.02 Å². The van der Waals surface area contributed by atoms with Crippen molar-refractivity contribution in [2.24, 2.45) is 0 Å². The molecule has 0 saturated heterocycles. The summed E-state index contributed by atoms with van der Waals surface area (Å²) in [5, 5.41) is 3.42. The number of hydrogen-bond donors (Lipinski definition) is 1. The smallest absolute Gasteiger partial charge is 0.320 e. The van der Waals surface area contributed by atoms with Crippen LogP contribution in [-0.4, -0.2) is 30.8 Å². The average molecular weight is 309 g/mol. The fraction of sp³-hybridized carbons (Fsp3) is 0.312. The van der Waals surface area contributed by atoms with Gasteiger partial charge in [-0.05, 0) is 37.1 Å². The average Bonchev–Trinajstić information content (AvgIpc) is 2.44. The largest absolute Gasteiger partial charge is 0.473 e. The van der Waals surface area contributed by atoms with Crippen LogP contribution in [0.3, 0.4) is 0 Å². The van der Waals surface area contributed by atoms with Crippen LogP contribution in [0.1, 0.15) is 11.1 Å². The molecule has 0 unspecified atom stereocenters. The van der Waals surface area contributed by atoms with Crippen molar-refractivity contribution >= 4 is 17.6 Å². The number of aryl methyl sites for hydroxylation is 2. The Morgan fingerprint density at radius 1 is 1.29 bits per heavy atom. The maximum Gasteiger partial charge on any atom is 0.320 e. The summed E-state index contributed by atoms with van der Waals surface area (Å²) in [5.74, 6) is 0.675. The van der Waals surface area contributed by atoms with Gasteiger partial charge in [-0.25, -0.2) is 4.79 Å². The van der Waals surface area contributed by atoms with Gasteiger partial charge in [-0.15, -0.1) is 13.2 Å². The van der Waals surface area contributed by atoms with Gasteiger partial charge in [-0.3, -0.25) is 0 Å². The number of hydrogen-bond acceptors (Lipinski definition) is 2. The van der Waals surface area contributed by atoms with Crippen molar-refractivity contribution in [3.63, 3.8) is 0 Å². The fourth-order valence-electron chi connectivity index (χ4n) is 1.83. The first kappa shape index (κ1) is 17.1. The second-order valence-corrected chi connectivity index (χ2v) is 5.00. The molecule has 4 nitrogen and oxygen atoms in total. The predicted octanol–water partition coefficient (Wildman–Crippen LogP) is 3.68. The minimum atomic E-state index is -0.225.